The van der Waals surface area contributed by atoms with Crippen molar-refractivity contribution in [3.05, 3.63) is 89.2 Å². The molecule has 0 fully saturated rings. The molecular weight excluding hydrogens is 564 g/mol. The Bertz CT molecular complexity index is 1630. The lowest BCUT2D eigenvalue weighted by Gasteiger charge is -2.13. The normalized spacial score (nSPS) is 12.5. The Morgan fingerprint density at radius 1 is 0.925 bits per heavy atom. The van der Waals surface area contributed by atoms with Crippen LogP contribution in [0.1, 0.15) is 34.2 Å². The van der Waals surface area contributed by atoms with E-state index in [1.807, 2.05) is 0 Å². The molecule has 0 radical (unpaired) electrons. The molecule has 1 aromatic heterocycles. The number of halogens is 6. The molecule has 0 bridgehead atoms. The number of sulfone groups is 1. The predicted octanol–water partition coefficient (Wildman–Crippen LogP) is 5.73. The molecule has 0 atom stereocenters. The predicted molar refractivity (Wildman–Crippen MR) is 132 cm³/mol. The van der Waals surface area contributed by atoms with E-state index in [1.54, 1.807) is 12.1 Å². The Balaban J connectivity index is 1.54. The van der Waals surface area contributed by atoms with Crippen LogP contribution in [0.3, 0.4) is 0 Å². The number of carbonyl (C=O) groups excluding carboxylic acids is 1. The van der Waals surface area contributed by atoms with Crippen molar-refractivity contribution in [1.82, 2.24) is 14.9 Å². The molecule has 212 valence electrons. The second kappa shape index (κ2) is 10.8. The third-order valence-electron chi connectivity index (χ3n) is 5.88. The highest BCUT2D eigenvalue weighted by Crippen LogP contribution is 2.33. The van der Waals surface area contributed by atoms with E-state index in [0.29, 0.717) is 5.56 Å². The van der Waals surface area contributed by atoms with Crippen molar-refractivity contribution in [3.63, 3.8) is 0 Å². The maximum absolute atomic E-state index is 13.8. The summed E-state index contributed by atoms with van der Waals surface area (Å²) < 4.78 is 107. The van der Waals surface area contributed by atoms with Gasteiger partial charge in [0.15, 0.2) is 9.84 Å². The summed E-state index contributed by atoms with van der Waals surface area (Å²) in [7, 11) is -3.37. The van der Waals surface area contributed by atoms with Crippen molar-refractivity contribution >= 4 is 26.8 Å². The quantitative estimate of drug-likeness (QED) is 0.267. The van der Waals surface area contributed by atoms with Crippen molar-refractivity contribution < 1.29 is 44.3 Å². The van der Waals surface area contributed by atoms with Crippen LogP contribution in [-0.2, 0) is 29.1 Å². The first-order valence-corrected chi connectivity index (χ1v) is 13.3. The minimum atomic E-state index is -4.90. The van der Waals surface area contributed by atoms with Crippen LogP contribution in [0.4, 0.5) is 26.3 Å². The number of nitrogens with one attached hydrogen (secondary N) is 1. The Morgan fingerprint density at radius 3 is 2.12 bits per heavy atom. The second-order valence-electron chi connectivity index (χ2n) is 8.64. The largest absolute Gasteiger partial charge is 0.573 e. The number of imidazole rings is 1. The molecule has 0 saturated heterocycles. The molecule has 0 unspecified atom stereocenters. The summed E-state index contributed by atoms with van der Waals surface area (Å²) in [6.45, 7) is 1.21. The van der Waals surface area contributed by atoms with Crippen molar-refractivity contribution in [2.75, 3.05) is 5.75 Å². The van der Waals surface area contributed by atoms with Crippen molar-refractivity contribution in [2.24, 2.45) is 0 Å². The number of nitrogens with zero attached hydrogens (tertiary/aromatic N) is 2. The Hall–Kier alpha value is -4.07. The van der Waals surface area contributed by atoms with Gasteiger partial charge in [-0.2, -0.15) is 13.2 Å². The molecule has 3 aromatic carbocycles. The van der Waals surface area contributed by atoms with Gasteiger partial charge in [-0.25, -0.2) is 13.4 Å². The van der Waals surface area contributed by atoms with Gasteiger partial charge in [0.1, 0.15) is 5.75 Å². The van der Waals surface area contributed by atoms with Crippen LogP contribution in [0.5, 0.6) is 5.75 Å². The highest BCUT2D eigenvalue weighted by atomic mass is 32.2. The van der Waals surface area contributed by atoms with Crippen molar-refractivity contribution in [3.8, 4) is 5.75 Å². The summed E-state index contributed by atoms with van der Waals surface area (Å²) in [4.78, 5) is 16.5. The van der Waals surface area contributed by atoms with Gasteiger partial charge in [-0.15, -0.1) is 13.2 Å². The number of fused-ring (bicyclic) bond motifs is 1. The molecule has 1 N–H and O–H groups in total. The molecule has 7 nitrogen and oxygen atoms in total. The average molecular weight is 586 g/mol. The fourth-order valence-corrected chi connectivity index (χ4v) is 4.78. The summed E-state index contributed by atoms with van der Waals surface area (Å²) in [5.41, 5.74) is 0.877. The molecule has 0 aliphatic rings. The van der Waals surface area contributed by atoms with E-state index in [4.69, 9.17) is 0 Å². The van der Waals surface area contributed by atoms with E-state index >= 15 is 0 Å². The van der Waals surface area contributed by atoms with Gasteiger partial charge in [-0.05, 0) is 53.6 Å². The summed E-state index contributed by atoms with van der Waals surface area (Å²) in [5.74, 6) is -2.39. The van der Waals surface area contributed by atoms with Gasteiger partial charge < -0.3 is 14.6 Å². The zero-order valence-corrected chi connectivity index (χ0v) is 21.5. The number of amides is 1. The number of ether oxygens (including phenoxy) is 1. The number of hydrogen-bond acceptors (Lipinski definition) is 5. The third kappa shape index (κ3) is 6.73. The molecule has 14 heteroatoms. The average Bonchev–Trinajstić information content (AvgIpc) is 3.26. The third-order valence-corrected chi connectivity index (χ3v) is 7.63. The topological polar surface area (TPSA) is 90.3 Å². The first-order valence-electron chi connectivity index (χ1n) is 11.7. The molecule has 40 heavy (non-hydrogen) atoms. The van der Waals surface area contributed by atoms with Crippen LogP contribution in [0, 0.1) is 0 Å². The van der Waals surface area contributed by atoms with Crippen LogP contribution in [0.2, 0.25) is 0 Å². The molecule has 0 aliphatic carbocycles. The summed E-state index contributed by atoms with van der Waals surface area (Å²) >= 11 is 0. The van der Waals surface area contributed by atoms with Gasteiger partial charge in [0, 0.05) is 18.7 Å². The van der Waals surface area contributed by atoms with Crippen molar-refractivity contribution in [2.45, 2.75) is 37.4 Å². The number of hydrogen-bond donors (Lipinski definition) is 1. The van der Waals surface area contributed by atoms with Gasteiger partial charge in [0.25, 0.3) is 5.91 Å². The smallest absolute Gasteiger partial charge is 0.406 e. The lowest BCUT2D eigenvalue weighted by molar-refractivity contribution is -0.274. The van der Waals surface area contributed by atoms with Crippen LogP contribution in [0.25, 0.3) is 11.0 Å². The Kier molecular flexibility index (Phi) is 7.83. The minimum absolute atomic E-state index is 0.0413. The Labute approximate surface area is 224 Å². The maximum Gasteiger partial charge on any atom is 0.573 e. The summed E-state index contributed by atoms with van der Waals surface area (Å²) in [6, 6.07) is 14.2. The fraction of sp³-hybridized carbons (Fsp3) is 0.231. The Morgan fingerprint density at radius 2 is 1.55 bits per heavy atom. The van der Waals surface area contributed by atoms with Crippen LogP contribution < -0.4 is 10.1 Å². The zero-order valence-electron chi connectivity index (χ0n) is 20.7. The lowest BCUT2D eigenvalue weighted by atomic mass is 10.1. The van der Waals surface area contributed by atoms with E-state index in [-0.39, 0.29) is 45.9 Å². The first kappa shape index (κ1) is 28.9. The van der Waals surface area contributed by atoms with Gasteiger partial charge in [-0.1, -0.05) is 31.2 Å². The fourth-order valence-electron chi connectivity index (χ4n) is 3.89. The molecule has 1 amide bonds. The number of aromatic nitrogens is 2. The van der Waals surface area contributed by atoms with E-state index in [2.05, 4.69) is 15.0 Å². The number of carbonyl (C=O) groups is 1. The lowest BCUT2D eigenvalue weighted by Crippen LogP contribution is -2.22. The standard InChI is InChI=1S/C26H21F6N3O4S/c1-2-40(37,38)20-10-5-16(6-11-20)14-33-23(36)18-7-12-22-21(13-18)34-24(25(27,28)29)35(22)15-17-3-8-19(9-4-17)39-26(30,31)32/h3-13H,2,14-15H2,1H3,(H,33,36). The molecule has 0 saturated carbocycles. The molecule has 1 heterocycles. The minimum Gasteiger partial charge on any atom is -0.406 e. The second-order valence-corrected chi connectivity index (χ2v) is 10.9. The van der Waals surface area contributed by atoms with Gasteiger partial charge in [-0.3, -0.25) is 4.79 Å². The van der Waals surface area contributed by atoms with E-state index in [9.17, 15) is 39.6 Å². The monoisotopic (exact) mass is 585 g/mol. The summed E-state index contributed by atoms with van der Waals surface area (Å²) in [5, 5.41) is 2.63. The van der Waals surface area contributed by atoms with Crippen LogP contribution in [-0.4, -0.2) is 36.0 Å². The molecular formula is C26H21F6N3O4S. The molecule has 0 aliphatic heterocycles. The van der Waals surface area contributed by atoms with E-state index in [0.717, 1.165) is 16.7 Å². The van der Waals surface area contributed by atoms with Crippen LogP contribution >= 0.6 is 0 Å². The van der Waals surface area contributed by atoms with E-state index < -0.39 is 39.9 Å². The number of rotatable bonds is 8. The van der Waals surface area contributed by atoms with Gasteiger partial charge in [0.2, 0.25) is 5.82 Å². The van der Waals surface area contributed by atoms with Gasteiger partial charge in [0.05, 0.1) is 21.7 Å². The SMILES string of the molecule is CCS(=O)(=O)c1ccc(CNC(=O)c2ccc3c(c2)nc(C(F)(F)F)n3Cc2ccc(OC(F)(F)F)cc2)cc1. The van der Waals surface area contributed by atoms with Crippen molar-refractivity contribution in [1.29, 1.82) is 0 Å². The van der Waals surface area contributed by atoms with Crippen LogP contribution in [0.15, 0.2) is 71.6 Å². The first-order chi connectivity index (χ1) is 18.7. The highest BCUT2D eigenvalue weighted by Gasteiger charge is 2.38. The molecule has 4 rings (SSSR count). The number of benzene rings is 3. The zero-order chi connectivity index (χ0) is 29.3. The maximum atomic E-state index is 13.8. The molecule has 4 aromatic rings. The molecule has 0 spiro atoms. The van der Waals surface area contributed by atoms with E-state index in [1.165, 1.54) is 49.4 Å². The number of alkyl halides is 6. The highest BCUT2D eigenvalue weighted by molar-refractivity contribution is 7.91. The van der Waals surface area contributed by atoms with Gasteiger partial charge >= 0.3 is 12.5 Å². The summed E-state index contributed by atoms with van der Waals surface area (Å²) in [6.07, 6.45) is -9.75.